The quantitative estimate of drug-likeness (QED) is 0.733. The van der Waals surface area contributed by atoms with Gasteiger partial charge < -0.3 is 10.4 Å². The van der Waals surface area contributed by atoms with E-state index in [2.05, 4.69) is 11.2 Å². The lowest BCUT2D eigenvalue weighted by atomic mass is 9.89. The monoisotopic (exact) mass is 276 g/mol. The lowest BCUT2D eigenvalue weighted by Gasteiger charge is -2.40. The minimum absolute atomic E-state index is 0. The third-order valence-corrected chi connectivity index (χ3v) is 3.89. The zero-order chi connectivity index (χ0) is 12.3. The molecular formula is C13H22ClFN2O. The van der Waals surface area contributed by atoms with E-state index in [1.54, 1.807) is 0 Å². The van der Waals surface area contributed by atoms with Gasteiger partial charge in [0, 0.05) is 13.1 Å². The Morgan fingerprint density at radius 1 is 1.44 bits per heavy atom. The normalized spacial score (nSPS) is 32.3. The highest BCUT2D eigenvalue weighted by atomic mass is 35.5. The van der Waals surface area contributed by atoms with Crippen LogP contribution in [-0.2, 0) is 0 Å². The molecule has 2 fully saturated rings. The number of hydrogen-bond acceptors (Lipinski definition) is 3. The lowest BCUT2D eigenvalue weighted by Crippen LogP contribution is -2.53. The number of nitrogens with zero attached hydrogens (tertiary/aromatic N) is 1. The van der Waals surface area contributed by atoms with Crippen molar-refractivity contribution in [1.82, 2.24) is 10.2 Å². The van der Waals surface area contributed by atoms with Crippen LogP contribution in [-0.4, -0.2) is 54.5 Å². The summed E-state index contributed by atoms with van der Waals surface area (Å²) >= 11 is 0. The molecule has 0 unspecified atom stereocenters. The van der Waals surface area contributed by atoms with Crippen molar-refractivity contribution in [3.8, 4) is 12.3 Å². The van der Waals surface area contributed by atoms with Crippen LogP contribution in [0.4, 0.5) is 4.39 Å². The van der Waals surface area contributed by atoms with Gasteiger partial charge in [0.1, 0.15) is 6.17 Å². The molecule has 0 aromatic carbocycles. The zero-order valence-corrected chi connectivity index (χ0v) is 11.4. The van der Waals surface area contributed by atoms with Crippen molar-refractivity contribution in [2.24, 2.45) is 5.92 Å². The zero-order valence-electron chi connectivity index (χ0n) is 10.6. The Morgan fingerprint density at radius 3 is 2.67 bits per heavy atom. The molecule has 2 saturated heterocycles. The summed E-state index contributed by atoms with van der Waals surface area (Å²) in [5, 5.41) is 13.6. The molecule has 2 rings (SSSR count). The van der Waals surface area contributed by atoms with Gasteiger partial charge in [-0.3, -0.25) is 4.90 Å². The van der Waals surface area contributed by atoms with Crippen LogP contribution >= 0.6 is 12.4 Å². The molecule has 2 N–H and O–H groups in total. The molecular weight excluding hydrogens is 255 g/mol. The number of nitrogens with one attached hydrogen (secondary N) is 1. The average molecular weight is 277 g/mol. The van der Waals surface area contributed by atoms with Crippen molar-refractivity contribution in [2.45, 2.75) is 31.0 Å². The number of terminal acetylenes is 1. The van der Waals surface area contributed by atoms with Gasteiger partial charge in [-0.25, -0.2) is 4.39 Å². The van der Waals surface area contributed by atoms with Crippen molar-refractivity contribution in [2.75, 3.05) is 32.7 Å². The fourth-order valence-corrected chi connectivity index (χ4v) is 2.77. The standard InChI is InChI=1S/C13H21FN2O.ClH/c1-2-11-3-8-16(9-12(11)14)10-13(17)4-6-15-7-5-13;/h1,11-12,15,17H,3-10H2;1H/t11-,12+;/m1./s1. The largest absolute Gasteiger partial charge is 0.388 e. The molecule has 0 amide bonds. The number of alkyl halides is 1. The van der Waals surface area contributed by atoms with Gasteiger partial charge in [0.25, 0.3) is 0 Å². The van der Waals surface area contributed by atoms with Crippen LogP contribution in [0.3, 0.4) is 0 Å². The number of β-amino-alcohol motifs (C(OH)–C–C–N with tert-alkyl or cyclic N) is 1. The topological polar surface area (TPSA) is 35.5 Å². The second-order valence-electron chi connectivity index (χ2n) is 5.29. The molecule has 0 aromatic heterocycles. The third kappa shape index (κ3) is 3.83. The number of likely N-dealkylation sites (tertiary alicyclic amines) is 1. The number of hydrogen-bond donors (Lipinski definition) is 2. The van der Waals surface area contributed by atoms with Gasteiger partial charge in [-0.1, -0.05) is 0 Å². The third-order valence-electron chi connectivity index (χ3n) is 3.89. The van der Waals surface area contributed by atoms with Gasteiger partial charge in [-0.2, -0.15) is 0 Å². The summed E-state index contributed by atoms with van der Waals surface area (Å²) in [5.41, 5.74) is -0.645. The maximum absolute atomic E-state index is 13.7. The second-order valence-corrected chi connectivity index (χ2v) is 5.29. The molecule has 18 heavy (non-hydrogen) atoms. The number of rotatable bonds is 2. The Morgan fingerprint density at radius 2 is 2.11 bits per heavy atom. The first kappa shape index (κ1) is 15.7. The van der Waals surface area contributed by atoms with Gasteiger partial charge >= 0.3 is 0 Å². The summed E-state index contributed by atoms with van der Waals surface area (Å²) < 4.78 is 13.7. The van der Waals surface area contributed by atoms with Crippen LogP contribution in [0.5, 0.6) is 0 Å². The molecule has 2 heterocycles. The van der Waals surface area contributed by atoms with E-state index in [0.29, 0.717) is 19.5 Å². The molecule has 104 valence electrons. The molecule has 5 heteroatoms. The molecule has 0 aromatic rings. The van der Waals surface area contributed by atoms with Crippen molar-refractivity contribution in [3.63, 3.8) is 0 Å². The fourth-order valence-electron chi connectivity index (χ4n) is 2.77. The average Bonchev–Trinajstić information content (AvgIpc) is 2.29. The maximum atomic E-state index is 13.7. The highest BCUT2D eigenvalue weighted by Crippen LogP contribution is 2.24. The summed E-state index contributed by atoms with van der Waals surface area (Å²) in [7, 11) is 0. The van der Waals surface area contributed by atoms with Gasteiger partial charge in [0.15, 0.2) is 0 Å². The number of aliphatic hydroxyl groups is 1. The lowest BCUT2D eigenvalue weighted by molar-refractivity contribution is -0.0349. The van der Waals surface area contributed by atoms with Gasteiger partial charge in [-0.05, 0) is 38.9 Å². The Labute approximate surface area is 115 Å². The highest BCUT2D eigenvalue weighted by molar-refractivity contribution is 5.85. The Kier molecular flexibility index (Phi) is 5.87. The Bertz CT molecular complexity index is 302. The first-order chi connectivity index (χ1) is 8.13. The van der Waals surface area contributed by atoms with E-state index in [1.807, 2.05) is 4.90 Å². The molecule has 0 bridgehead atoms. The molecule has 0 radical (unpaired) electrons. The van der Waals surface area contributed by atoms with E-state index in [0.717, 1.165) is 32.5 Å². The van der Waals surface area contributed by atoms with Gasteiger partial charge in [0.2, 0.25) is 0 Å². The van der Waals surface area contributed by atoms with E-state index in [4.69, 9.17) is 6.42 Å². The number of halogens is 2. The summed E-state index contributed by atoms with van der Waals surface area (Å²) in [4.78, 5) is 2.02. The van der Waals surface area contributed by atoms with Crippen molar-refractivity contribution in [1.29, 1.82) is 0 Å². The summed E-state index contributed by atoms with van der Waals surface area (Å²) in [6.07, 6.45) is 6.54. The summed E-state index contributed by atoms with van der Waals surface area (Å²) in [6.45, 7) is 3.43. The van der Waals surface area contributed by atoms with Crippen molar-refractivity contribution < 1.29 is 9.50 Å². The SMILES string of the molecule is C#C[C@@H]1CCN(CC2(O)CCNCC2)C[C@@H]1F.Cl. The van der Waals surface area contributed by atoms with Crippen LogP contribution < -0.4 is 5.32 Å². The summed E-state index contributed by atoms with van der Waals surface area (Å²) in [5.74, 6) is 2.27. The molecule has 0 spiro atoms. The minimum atomic E-state index is -0.945. The first-order valence-electron chi connectivity index (χ1n) is 6.39. The predicted molar refractivity (Wildman–Crippen MR) is 72.6 cm³/mol. The summed E-state index contributed by atoms with van der Waals surface area (Å²) in [6, 6.07) is 0. The second kappa shape index (κ2) is 6.72. The van der Waals surface area contributed by atoms with Gasteiger partial charge in [-0.15, -0.1) is 24.8 Å². The molecule has 3 nitrogen and oxygen atoms in total. The van der Waals surface area contributed by atoms with Crippen molar-refractivity contribution >= 4 is 12.4 Å². The van der Waals surface area contributed by atoms with Crippen LogP contribution in [0.1, 0.15) is 19.3 Å². The molecule has 2 atom stereocenters. The minimum Gasteiger partial charge on any atom is -0.388 e. The van der Waals surface area contributed by atoms with E-state index in [9.17, 15) is 9.50 Å². The van der Waals surface area contributed by atoms with Gasteiger partial charge in [0.05, 0.1) is 11.5 Å². The fraction of sp³-hybridized carbons (Fsp3) is 0.846. The predicted octanol–water partition coefficient (Wildman–Crippen LogP) is 0.816. The van der Waals surface area contributed by atoms with E-state index in [1.165, 1.54) is 0 Å². The maximum Gasteiger partial charge on any atom is 0.126 e. The van der Waals surface area contributed by atoms with Crippen LogP contribution in [0.2, 0.25) is 0 Å². The van der Waals surface area contributed by atoms with E-state index >= 15 is 0 Å². The number of piperidine rings is 2. The Hall–Kier alpha value is -0.340. The highest BCUT2D eigenvalue weighted by Gasteiger charge is 2.35. The molecule has 2 aliphatic rings. The Balaban J connectivity index is 0.00000162. The smallest absolute Gasteiger partial charge is 0.126 e. The molecule has 2 aliphatic heterocycles. The van der Waals surface area contributed by atoms with Crippen LogP contribution in [0.25, 0.3) is 0 Å². The van der Waals surface area contributed by atoms with Crippen molar-refractivity contribution in [3.05, 3.63) is 0 Å². The molecule has 0 aliphatic carbocycles. The van der Waals surface area contributed by atoms with Crippen LogP contribution in [0.15, 0.2) is 0 Å². The first-order valence-corrected chi connectivity index (χ1v) is 6.39. The molecule has 0 saturated carbocycles. The van der Waals surface area contributed by atoms with E-state index in [-0.39, 0.29) is 18.3 Å². The van der Waals surface area contributed by atoms with Crippen LogP contribution in [0, 0.1) is 18.3 Å². The van der Waals surface area contributed by atoms with E-state index < -0.39 is 11.8 Å².